The van der Waals surface area contributed by atoms with Crippen LogP contribution in [-0.2, 0) is 4.79 Å². The van der Waals surface area contributed by atoms with E-state index in [1.807, 2.05) is 6.92 Å². The SMILES string of the molecule is CCC(CC)(Nc1cc(C)ccc1C(N)=O)C(=O)O. The van der Waals surface area contributed by atoms with Gasteiger partial charge in [0.2, 0.25) is 0 Å². The highest BCUT2D eigenvalue weighted by molar-refractivity contribution is 5.99. The van der Waals surface area contributed by atoms with Gasteiger partial charge in [0.05, 0.1) is 5.56 Å². The van der Waals surface area contributed by atoms with Crippen molar-refractivity contribution in [2.24, 2.45) is 5.73 Å². The lowest BCUT2D eigenvalue weighted by atomic mass is 9.92. The number of benzene rings is 1. The van der Waals surface area contributed by atoms with Crippen molar-refractivity contribution in [3.63, 3.8) is 0 Å². The fraction of sp³-hybridized carbons (Fsp3) is 0.429. The summed E-state index contributed by atoms with van der Waals surface area (Å²) in [6.45, 7) is 5.46. The van der Waals surface area contributed by atoms with Gasteiger partial charge in [-0.3, -0.25) is 4.79 Å². The number of amides is 1. The molecule has 1 rings (SSSR count). The molecular weight excluding hydrogens is 244 g/mol. The molecule has 0 bridgehead atoms. The highest BCUT2D eigenvalue weighted by atomic mass is 16.4. The first kappa shape index (κ1) is 15.0. The smallest absolute Gasteiger partial charge is 0.329 e. The molecule has 0 aromatic heterocycles. The Bertz CT molecular complexity index is 493. The Morgan fingerprint density at radius 3 is 2.32 bits per heavy atom. The second-order valence-electron chi connectivity index (χ2n) is 4.63. The van der Waals surface area contributed by atoms with Crippen LogP contribution in [0.4, 0.5) is 5.69 Å². The zero-order valence-electron chi connectivity index (χ0n) is 11.5. The van der Waals surface area contributed by atoms with Gasteiger partial charge >= 0.3 is 5.97 Å². The van der Waals surface area contributed by atoms with Crippen LogP contribution in [0.1, 0.15) is 42.6 Å². The number of primary amides is 1. The van der Waals surface area contributed by atoms with E-state index in [9.17, 15) is 14.7 Å². The lowest BCUT2D eigenvalue weighted by molar-refractivity contribution is -0.142. The molecule has 0 heterocycles. The Morgan fingerprint density at radius 2 is 1.89 bits per heavy atom. The summed E-state index contributed by atoms with van der Waals surface area (Å²) in [6, 6.07) is 5.12. The van der Waals surface area contributed by atoms with Crippen LogP contribution in [0.25, 0.3) is 0 Å². The van der Waals surface area contributed by atoms with E-state index >= 15 is 0 Å². The van der Waals surface area contributed by atoms with Crippen LogP contribution in [-0.4, -0.2) is 22.5 Å². The van der Waals surface area contributed by atoms with Crippen molar-refractivity contribution in [3.05, 3.63) is 29.3 Å². The highest BCUT2D eigenvalue weighted by Crippen LogP contribution is 2.26. The normalized spacial score (nSPS) is 11.1. The van der Waals surface area contributed by atoms with Gasteiger partial charge in [0.1, 0.15) is 5.54 Å². The molecule has 0 aliphatic carbocycles. The predicted molar refractivity (Wildman–Crippen MR) is 74.3 cm³/mol. The summed E-state index contributed by atoms with van der Waals surface area (Å²) in [5.41, 5.74) is 5.94. The van der Waals surface area contributed by atoms with Crippen LogP contribution >= 0.6 is 0 Å². The zero-order chi connectivity index (χ0) is 14.6. The Morgan fingerprint density at radius 1 is 1.32 bits per heavy atom. The number of nitrogens with one attached hydrogen (secondary N) is 1. The molecule has 0 aliphatic rings. The largest absolute Gasteiger partial charge is 0.480 e. The predicted octanol–water partition coefficient (Wildman–Crippen LogP) is 2.15. The van der Waals surface area contributed by atoms with Gasteiger partial charge in [-0.05, 0) is 37.5 Å². The second kappa shape index (κ2) is 5.73. The molecule has 0 fully saturated rings. The Hall–Kier alpha value is -2.04. The molecule has 0 saturated heterocycles. The fourth-order valence-corrected chi connectivity index (χ4v) is 2.02. The van der Waals surface area contributed by atoms with E-state index in [1.165, 1.54) is 0 Å². The summed E-state index contributed by atoms with van der Waals surface area (Å²) in [5, 5.41) is 12.4. The molecule has 0 spiro atoms. The number of nitrogens with two attached hydrogens (primary N) is 1. The summed E-state index contributed by atoms with van der Waals surface area (Å²) in [4.78, 5) is 22.9. The van der Waals surface area contributed by atoms with E-state index < -0.39 is 17.4 Å². The van der Waals surface area contributed by atoms with Crippen molar-refractivity contribution >= 4 is 17.6 Å². The first-order chi connectivity index (χ1) is 8.86. The number of hydrogen-bond donors (Lipinski definition) is 3. The number of anilines is 1. The number of hydrogen-bond acceptors (Lipinski definition) is 3. The molecule has 0 saturated carbocycles. The number of carboxylic acid groups (broad SMARTS) is 1. The third kappa shape index (κ3) is 3.05. The van der Waals surface area contributed by atoms with E-state index in [2.05, 4.69) is 5.32 Å². The van der Waals surface area contributed by atoms with E-state index in [-0.39, 0.29) is 0 Å². The standard InChI is InChI=1S/C14H20N2O3/c1-4-14(5-2,13(18)19)16-11-8-9(3)6-7-10(11)12(15)17/h6-8,16H,4-5H2,1-3H3,(H2,15,17)(H,18,19). The van der Waals surface area contributed by atoms with Gasteiger partial charge in [0, 0.05) is 5.69 Å². The molecule has 0 unspecified atom stereocenters. The molecule has 4 N–H and O–H groups in total. The molecular formula is C14H20N2O3. The van der Waals surface area contributed by atoms with Gasteiger partial charge in [-0.25, -0.2) is 4.79 Å². The fourth-order valence-electron chi connectivity index (χ4n) is 2.02. The van der Waals surface area contributed by atoms with E-state index in [4.69, 9.17) is 5.73 Å². The molecule has 5 heteroatoms. The molecule has 1 amide bonds. The summed E-state index contributed by atoms with van der Waals surface area (Å²) in [6.07, 6.45) is 0.815. The Balaban J connectivity index is 3.26. The van der Waals surface area contributed by atoms with Crippen LogP contribution in [0.15, 0.2) is 18.2 Å². The van der Waals surface area contributed by atoms with Crippen molar-refractivity contribution in [1.82, 2.24) is 0 Å². The molecule has 0 aliphatic heterocycles. The molecule has 1 aromatic rings. The number of carbonyl (C=O) groups excluding carboxylic acids is 1. The van der Waals surface area contributed by atoms with Crippen LogP contribution in [0.5, 0.6) is 0 Å². The molecule has 0 atom stereocenters. The molecule has 104 valence electrons. The summed E-state index contributed by atoms with van der Waals surface area (Å²) < 4.78 is 0. The summed E-state index contributed by atoms with van der Waals surface area (Å²) >= 11 is 0. The second-order valence-corrected chi connectivity index (χ2v) is 4.63. The third-order valence-corrected chi connectivity index (χ3v) is 3.43. The summed E-state index contributed by atoms with van der Waals surface area (Å²) in [5.74, 6) is -1.51. The minimum Gasteiger partial charge on any atom is -0.480 e. The van der Waals surface area contributed by atoms with Gasteiger partial charge in [-0.2, -0.15) is 0 Å². The van der Waals surface area contributed by atoms with E-state index in [0.717, 1.165) is 5.56 Å². The maximum Gasteiger partial charge on any atom is 0.329 e. The van der Waals surface area contributed by atoms with E-state index in [0.29, 0.717) is 24.1 Å². The number of rotatable bonds is 6. The van der Waals surface area contributed by atoms with Crippen molar-refractivity contribution in [2.75, 3.05) is 5.32 Å². The van der Waals surface area contributed by atoms with Crippen LogP contribution in [0.2, 0.25) is 0 Å². The highest BCUT2D eigenvalue weighted by Gasteiger charge is 2.35. The summed E-state index contributed by atoms with van der Waals surface area (Å²) in [7, 11) is 0. The topological polar surface area (TPSA) is 92.4 Å². The van der Waals surface area contributed by atoms with Gasteiger partial charge in [-0.1, -0.05) is 19.9 Å². The average Bonchev–Trinajstić information content (AvgIpc) is 2.35. The maximum atomic E-state index is 11.5. The first-order valence-electron chi connectivity index (χ1n) is 6.28. The number of carboxylic acids is 1. The minimum atomic E-state index is -1.09. The lowest BCUT2D eigenvalue weighted by Gasteiger charge is -2.30. The average molecular weight is 264 g/mol. The quantitative estimate of drug-likeness (QED) is 0.734. The lowest BCUT2D eigenvalue weighted by Crippen LogP contribution is -2.45. The maximum absolute atomic E-state index is 11.5. The molecule has 19 heavy (non-hydrogen) atoms. The van der Waals surface area contributed by atoms with Crippen LogP contribution in [0, 0.1) is 6.92 Å². The third-order valence-electron chi connectivity index (χ3n) is 3.43. The molecule has 0 radical (unpaired) electrons. The van der Waals surface area contributed by atoms with Crippen molar-refractivity contribution in [1.29, 1.82) is 0 Å². The molecule has 5 nitrogen and oxygen atoms in total. The van der Waals surface area contributed by atoms with Crippen molar-refractivity contribution < 1.29 is 14.7 Å². The van der Waals surface area contributed by atoms with Gasteiger partial charge in [0.15, 0.2) is 0 Å². The minimum absolute atomic E-state index is 0.304. The van der Waals surface area contributed by atoms with Crippen molar-refractivity contribution in [3.8, 4) is 0 Å². The van der Waals surface area contributed by atoms with Crippen molar-refractivity contribution in [2.45, 2.75) is 39.2 Å². The van der Waals surface area contributed by atoms with E-state index in [1.54, 1.807) is 32.0 Å². The monoisotopic (exact) mass is 264 g/mol. The first-order valence-corrected chi connectivity index (χ1v) is 6.28. The van der Waals surface area contributed by atoms with Gasteiger partial charge < -0.3 is 16.2 Å². The number of carbonyl (C=O) groups is 2. The van der Waals surface area contributed by atoms with Gasteiger partial charge in [-0.15, -0.1) is 0 Å². The molecule has 1 aromatic carbocycles. The van der Waals surface area contributed by atoms with Crippen LogP contribution in [0.3, 0.4) is 0 Å². The zero-order valence-corrected chi connectivity index (χ0v) is 11.5. The number of aliphatic carboxylic acids is 1. The Labute approximate surface area is 112 Å². The Kier molecular flexibility index (Phi) is 4.53. The van der Waals surface area contributed by atoms with Gasteiger partial charge in [0.25, 0.3) is 5.91 Å². The number of aryl methyl sites for hydroxylation is 1. The van der Waals surface area contributed by atoms with Crippen LogP contribution < -0.4 is 11.1 Å².